The zero-order valence-electron chi connectivity index (χ0n) is 15.7. The van der Waals surface area contributed by atoms with Gasteiger partial charge in [-0.2, -0.15) is 18.3 Å². The lowest BCUT2D eigenvalue weighted by Gasteiger charge is -2.33. The summed E-state index contributed by atoms with van der Waals surface area (Å²) >= 11 is 11.9. The summed E-state index contributed by atoms with van der Waals surface area (Å²) in [5, 5.41) is 10.2. The first-order valence-electron chi connectivity index (χ1n) is 9.50. The Morgan fingerprint density at radius 2 is 2.10 bits per heavy atom. The molecule has 0 unspecified atom stereocenters. The molecule has 4 rings (SSSR count). The highest BCUT2D eigenvalue weighted by Gasteiger charge is 2.46. The largest absolute Gasteiger partial charge is 0.410 e. The Bertz CT molecular complexity index is 944. The van der Waals surface area contributed by atoms with Gasteiger partial charge >= 0.3 is 6.18 Å². The molecule has 0 saturated carbocycles. The van der Waals surface area contributed by atoms with E-state index in [9.17, 15) is 18.0 Å². The summed E-state index contributed by atoms with van der Waals surface area (Å²) in [6.45, 7) is 0.940. The number of aromatic nitrogens is 2. The molecule has 0 radical (unpaired) electrons. The molecule has 0 spiro atoms. The van der Waals surface area contributed by atoms with Gasteiger partial charge in [0.05, 0.1) is 22.2 Å². The van der Waals surface area contributed by atoms with Crippen LogP contribution in [0.2, 0.25) is 10.0 Å². The molecular weight excluding hydrogens is 444 g/mol. The fraction of sp³-hybridized carbons (Fsp3) is 0.474. The van der Waals surface area contributed by atoms with Crippen LogP contribution in [0.3, 0.4) is 0 Å². The predicted octanol–water partition coefficient (Wildman–Crippen LogP) is 4.76. The summed E-state index contributed by atoms with van der Waals surface area (Å²) in [4.78, 5) is 12.4. The number of benzene rings is 1. The molecule has 6 nitrogen and oxygen atoms in total. The lowest BCUT2D eigenvalue weighted by atomic mass is 9.97. The number of nitrogens with one attached hydrogen (secondary N) is 2. The molecule has 3 atom stereocenters. The average Bonchev–Trinajstić information content (AvgIpc) is 3.36. The first kappa shape index (κ1) is 21.3. The van der Waals surface area contributed by atoms with Crippen LogP contribution in [0.1, 0.15) is 47.4 Å². The molecule has 0 bridgehead atoms. The van der Waals surface area contributed by atoms with Gasteiger partial charge in [0.1, 0.15) is 5.82 Å². The number of amides is 1. The van der Waals surface area contributed by atoms with E-state index in [1.54, 1.807) is 12.1 Å². The summed E-state index contributed by atoms with van der Waals surface area (Å²) < 4.78 is 47.6. The van der Waals surface area contributed by atoms with Crippen molar-refractivity contribution < 1.29 is 22.7 Å². The van der Waals surface area contributed by atoms with Gasteiger partial charge < -0.3 is 15.4 Å². The predicted molar refractivity (Wildman–Crippen MR) is 106 cm³/mol. The number of anilines is 1. The van der Waals surface area contributed by atoms with Crippen molar-refractivity contribution in [1.29, 1.82) is 0 Å². The van der Waals surface area contributed by atoms with E-state index >= 15 is 0 Å². The average molecular weight is 463 g/mol. The zero-order chi connectivity index (χ0) is 21.5. The Balaban J connectivity index is 1.58. The van der Waals surface area contributed by atoms with Crippen molar-refractivity contribution in [2.75, 3.05) is 18.5 Å². The Kier molecular flexibility index (Phi) is 5.87. The summed E-state index contributed by atoms with van der Waals surface area (Å²) in [6, 6.07) is 3.48. The summed E-state index contributed by atoms with van der Waals surface area (Å²) in [6.07, 6.45) is -3.16. The minimum Gasteiger partial charge on any atom is -0.376 e. The Morgan fingerprint density at radius 1 is 1.30 bits per heavy atom. The van der Waals surface area contributed by atoms with E-state index < -0.39 is 24.2 Å². The molecule has 1 saturated heterocycles. The van der Waals surface area contributed by atoms with E-state index in [2.05, 4.69) is 15.7 Å². The number of alkyl halides is 3. The lowest BCUT2D eigenvalue weighted by molar-refractivity contribution is -0.173. The van der Waals surface area contributed by atoms with Gasteiger partial charge in [-0.05, 0) is 30.5 Å². The molecule has 3 heterocycles. The van der Waals surface area contributed by atoms with Gasteiger partial charge in [0.15, 0.2) is 11.7 Å². The van der Waals surface area contributed by atoms with Crippen LogP contribution in [-0.2, 0) is 4.74 Å². The topological polar surface area (TPSA) is 68.2 Å². The lowest BCUT2D eigenvalue weighted by Crippen LogP contribution is -2.36. The molecule has 30 heavy (non-hydrogen) atoms. The van der Waals surface area contributed by atoms with Crippen molar-refractivity contribution >= 4 is 34.9 Å². The number of hydrogen-bond donors (Lipinski definition) is 2. The van der Waals surface area contributed by atoms with Crippen LogP contribution in [0.4, 0.5) is 19.0 Å². The second kappa shape index (κ2) is 8.28. The molecule has 1 aromatic carbocycles. The van der Waals surface area contributed by atoms with Gasteiger partial charge in [0.2, 0.25) is 0 Å². The fourth-order valence-corrected chi connectivity index (χ4v) is 4.04. The van der Waals surface area contributed by atoms with E-state index in [4.69, 9.17) is 27.9 Å². The van der Waals surface area contributed by atoms with Crippen molar-refractivity contribution in [1.82, 2.24) is 15.1 Å². The SMILES string of the molecule is O=C(NC[C@@H]1CCCO1)c1cc2n(n1)[C@@H](C(F)(F)F)C[C@H](c1ccc(Cl)c(Cl)c1)N2. The molecule has 2 N–H and O–H groups in total. The second-order valence-electron chi connectivity index (χ2n) is 7.37. The number of halogens is 5. The maximum atomic E-state index is 13.8. The number of carbonyl (C=O) groups excluding carboxylic acids is 1. The monoisotopic (exact) mass is 462 g/mol. The third kappa shape index (κ3) is 4.38. The highest BCUT2D eigenvalue weighted by molar-refractivity contribution is 6.42. The number of hydrogen-bond acceptors (Lipinski definition) is 4. The molecule has 2 aliphatic rings. The summed E-state index contributed by atoms with van der Waals surface area (Å²) in [5.41, 5.74) is 0.481. The second-order valence-corrected chi connectivity index (χ2v) is 8.18. The van der Waals surface area contributed by atoms with Crippen molar-refractivity contribution in [3.63, 3.8) is 0 Å². The normalized spacial score (nSPS) is 23.7. The maximum Gasteiger partial charge on any atom is 0.410 e. The van der Waals surface area contributed by atoms with E-state index in [0.29, 0.717) is 23.7 Å². The number of rotatable bonds is 4. The van der Waals surface area contributed by atoms with Gasteiger partial charge in [0, 0.05) is 25.6 Å². The molecule has 1 amide bonds. The van der Waals surface area contributed by atoms with Gasteiger partial charge in [-0.15, -0.1) is 0 Å². The van der Waals surface area contributed by atoms with Crippen LogP contribution in [0.15, 0.2) is 24.3 Å². The number of fused-ring (bicyclic) bond motifs is 1. The molecule has 11 heteroatoms. The molecule has 2 aliphatic heterocycles. The number of carbonyl (C=O) groups is 1. The quantitative estimate of drug-likeness (QED) is 0.687. The number of nitrogens with zero attached hydrogens (tertiary/aromatic N) is 2. The molecule has 162 valence electrons. The standard InChI is InChI=1S/C19H19Cl2F3N4O2/c20-12-4-3-10(6-13(12)21)14-7-16(19(22,23)24)28-17(26-14)8-15(27-28)18(29)25-9-11-2-1-5-30-11/h3-4,6,8,11,14,16,26H,1-2,5,7,9H2,(H,25,29)/t11-,14+,16+/m0/s1. The zero-order valence-corrected chi connectivity index (χ0v) is 17.2. The van der Waals surface area contributed by atoms with E-state index in [1.807, 2.05) is 0 Å². The maximum absolute atomic E-state index is 13.8. The van der Waals surface area contributed by atoms with E-state index in [1.165, 1.54) is 12.1 Å². The van der Waals surface area contributed by atoms with Gasteiger partial charge in [0.25, 0.3) is 5.91 Å². The molecule has 1 aromatic heterocycles. The van der Waals surface area contributed by atoms with E-state index in [0.717, 1.165) is 17.5 Å². The van der Waals surface area contributed by atoms with Crippen LogP contribution < -0.4 is 10.6 Å². The van der Waals surface area contributed by atoms with Gasteiger partial charge in [-0.3, -0.25) is 4.79 Å². The summed E-state index contributed by atoms with van der Waals surface area (Å²) in [7, 11) is 0. The van der Waals surface area contributed by atoms with Crippen molar-refractivity contribution in [3.05, 3.63) is 45.6 Å². The molecular formula is C19H19Cl2F3N4O2. The molecule has 2 aromatic rings. The Labute approximate surface area is 180 Å². The van der Waals surface area contributed by atoms with E-state index in [-0.39, 0.29) is 29.1 Å². The molecule has 0 aliphatic carbocycles. The highest BCUT2D eigenvalue weighted by atomic mass is 35.5. The van der Waals surface area contributed by atoms with Crippen LogP contribution in [0, 0.1) is 0 Å². The van der Waals surface area contributed by atoms with Gasteiger partial charge in [-0.1, -0.05) is 29.3 Å². The van der Waals surface area contributed by atoms with Crippen LogP contribution >= 0.6 is 23.2 Å². The number of ether oxygens (including phenoxy) is 1. The Morgan fingerprint density at radius 3 is 2.77 bits per heavy atom. The minimum atomic E-state index is -4.54. The van der Waals surface area contributed by atoms with Crippen LogP contribution in [0.25, 0.3) is 0 Å². The van der Waals surface area contributed by atoms with Gasteiger partial charge in [-0.25, -0.2) is 4.68 Å². The summed E-state index contributed by atoms with van der Waals surface area (Å²) in [5.74, 6) is -0.428. The van der Waals surface area contributed by atoms with Crippen LogP contribution in [-0.4, -0.2) is 41.1 Å². The third-order valence-electron chi connectivity index (χ3n) is 5.28. The minimum absolute atomic E-state index is 0.0775. The molecule has 1 fully saturated rings. The van der Waals surface area contributed by atoms with Crippen molar-refractivity contribution in [3.8, 4) is 0 Å². The Hall–Kier alpha value is -1.97. The first-order chi connectivity index (χ1) is 14.2. The fourth-order valence-electron chi connectivity index (χ4n) is 3.73. The van der Waals surface area contributed by atoms with Crippen molar-refractivity contribution in [2.45, 2.75) is 43.6 Å². The van der Waals surface area contributed by atoms with Crippen LogP contribution in [0.5, 0.6) is 0 Å². The van der Waals surface area contributed by atoms with Crippen molar-refractivity contribution in [2.24, 2.45) is 0 Å². The smallest absolute Gasteiger partial charge is 0.376 e. The first-order valence-corrected chi connectivity index (χ1v) is 10.3. The highest BCUT2D eigenvalue weighted by Crippen LogP contribution is 2.44. The third-order valence-corrected chi connectivity index (χ3v) is 6.02.